The summed E-state index contributed by atoms with van der Waals surface area (Å²) in [5.41, 5.74) is 0. The highest BCUT2D eigenvalue weighted by Gasteiger charge is 2.37. The van der Waals surface area contributed by atoms with Gasteiger partial charge >= 0.3 is 5.97 Å². The van der Waals surface area contributed by atoms with Crippen molar-refractivity contribution in [2.75, 3.05) is 13.7 Å². The van der Waals surface area contributed by atoms with E-state index in [-0.39, 0.29) is 12.3 Å². The lowest BCUT2D eigenvalue weighted by molar-refractivity contribution is -0.203. The Bertz CT molecular complexity index is 574. The van der Waals surface area contributed by atoms with E-state index in [2.05, 4.69) is 31.2 Å². The van der Waals surface area contributed by atoms with Gasteiger partial charge in [-0.2, -0.15) is 25.3 Å². The molecule has 1 heterocycles. The van der Waals surface area contributed by atoms with Crippen LogP contribution >= 0.6 is 25.3 Å². The Morgan fingerprint density at radius 2 is 1.94 bits per heavy atom. The average Bonchev–Trinajstić information content (AvgIpc) is 3.07. The molecule has 2 aliphatic rings. The third-order valence-corrected chi connectivity index (χ3v) is 7.74. The zero-order valence-corrected chi connectivity index (χ0v) is 21.8. The Balaban J connectivity index is 1.78. The molecule has 0 aromatic carbocycles. The van der Waals surface area contributed by atoms with Crippen LogP contribution in [0.2, 0.25) is 0 Å². The molecule has 0 spiro atoms. The Hall–Kier alpha value is -0.430. The van der Waals surface area contributed by atoms with E-state index in [0.717, 1.165) is 44.9 Å². The monoisotopic (exact) mass is 484 g/mol. The van der Waals surface area contributed by atoms with Crippen LogP contribution in [0.4, 0.5) is 0 Å². The number of esters is 1. The molecule has 1 saturated heterocycles. The van der Waals surface area contributed by atoms with E-state index >= 15 is 0 Å². The van der Waals surface area contributed by atoms with E-state index in [0.29, 0.717) is 35.4 Å². The number of carbonyl (C=O) groups excluding carboxylic acids is 1. The van der Waals surface area contributed by atoms with Crippen LogP contribution in [0.15, 0.2) is 24.3 Å². The fourth-order valence-corrected chi connectivity index (χ4v) is 5.90. The number of allylic oxidation sites excluding steroid dienone is 4. The van der Waals surface area contributed by atoms with Crippen LogP contribution in [0.1, 0.15) is 84.0 Å². The standard InChI is InChI=1S/C26H44O4S2/c1-3-4-5-6-7-9-14-20-21(24(32)19-23(20)31)15-10-8-11-16-22(26(27)28-2)30-25-17-12-13-18-29-25/h8-10,14,20-25,31-32H,3-7,11-13,15-19H2,1-2H3/b10-8-,14-9+/t20-,21-,22?,23-,24+,25?/m1/s1. The molecule has 1 saturated carbocycles. The zero-order chi connectivity index (χ0) is 23.2. The van der Waals surface area contributed by atoms with E-state index in [1.54, 1.807) is 0 Å². The van der Waals surface area contributed by atoms with Gasteiger partial charge in [-0.1, -0.05) is 50.5 Å². The second-order valence-electron chi connectivity index (χ2n) is 9.12. The van der Waals surface area contributed by atoms with Crippen molar-refractivity contribution in [3.63, 3.8) is 0 Å². The van der Waals surface area contributed by atoms with Gasteiger partial charge < -0.3 is 14.2 Å². The van der Waals surface area contributed by atoms with Gasteiger partial charge in [0.2, 0.25) is 0 Å². The SMILES string of the molecule is CCCCCC/C=C/[C@@H]1[C@@H](C/C=C\CCC(OC2CCCCO2)C(=O)OC)[C@@H](S)C[C@H]1S. The zero-order valence-electron chi connectivity index (χ0n) is 20.0. The van der Waals surface area contributed by atoms with Crippen LogP contribution in [0.3, 0.4) is 0 Å². The summed E-state index contributed by atoms with van der Waals surface area (Å²) in [6.07, 6.45) is 21.1. The molecule has 1 aliphatic heterocycles. The fourth-order valence-electron chi connectivity index (χ4n) is 4.64. The van der Waals surface area contributed by atoms with Gasteiger partial charge in [-0.3, -0.25) is 0 Å². The van der Waals surface area contributed by atoms with Gasteiger partial charge in [-0.25, -0.2) is 4.79 Å². The molecule has 4 nitrogen and oxygen atoms in total. The number of ether oxygens (including phenoxy) is 3. The predicted octanol–water partition coefficient (Wildman–Crippen LogP) is 6.56. The second kappa shape index (κ2) is 16.2. The first-order chi connectivity index (χ1) is 15.6. The van der Waals surface area contributed by atoms with Crippen molar-refractivity contribution in [1.29, 1.82) is 0 Å². The molecule has 6 heteroatoms. The first-order valence-corrected chi connectivity index (χ1v) is 13.6. The van der Waals surface area contributed by atoms with Gasteiger partial charge in [0.1, 0.15) is 0 Å². The molecule has 6 atom stereocenters. The molecule has 2 rings (SSSR count). The van der Waals surface area contributed by atoms with Gasteiger partial charge in [-0.15, -0.1) is 0 Å². The van der Waals surface area contributed by atoms with Crippen LogP contribution < -0.4 is 0 Å². The molecule has 184 valence electrons. The van der Waals surface area contributed by atoms with Gasteiger partial charge in [-0.05, 0) is 69.6 Å². The summed E-state index contributed by atoms with van der Waals surface area (Å²) in [4.78, 5) is 12.1. The van der Waals surface area contributed by atoms with Crippen molar-refractivity contribution in [2.24, 2.45) is 11.8 Å². The number of thiol groups is 2. The maximum Gasteiger partial charge on any atom is 0.335 e. The van der Waals surface area contributed by atoms with Gasteiger partial charge in [0.05, 0.1) is 7.11 Å². The Kier molecular flexibility index (Phi) is 14.1. The summed E-state index contributed by atoms with van der Waals surface area (Å²) in [5.74, 6) is 0.666. The summed E-state index contributed by atoms with van der Waals surface area (Å²) in [5, 5.41) is 0.766. The number of rotatable bonds is 14. The second-order valence-corrected chi connectivity index (χ2v) is 10.4. The lowest BCUT2D eigenvalue weighted by atomic mass is 9.91. The smallest absolute Gasteiger partial charge is 0.335 e. The maximum absolute atomic E-state index is 12.1. The van der Waals surface area contributed by atoms with Crippen LogP contribution in [0.25, 0.3) is 0 Å². The first-order valence-electron chi connectivity index (χ1n) is 12.6. The maximum atomic E-state index is 12.1. The molecule has 0 aromatic heterocycles. The minimum atomic E-state index is -0.568. The third-order valence-electron chi connectivity index (χ3n) is 6.59. The topological polar surface area (TPSA) is 44.8 Å². The van der Waals surface area contributed by atoms with Crippen LogP contribution in [-0.4, -0.2) is 42.6 Å². The van der Waals surface area contributed by atoms with Crippen molar-refractivity contribution >= 4 is 31.2 Å². The number of hydrogen-bond acceptors (Lipinski definition) is 6. The highest BCUT2D eigenvalue weighted by molar-refractivity contribution is 7.82. The lowest BCUT2D eigenvalue weighted by Crippen LogP contribution is -2.33. The van der Waals surface area contributed by atoms with E-state index in [1.165, 1.54) is 32.8 Å². The fraction of sp³-hybridized carbons (Fsp3) is 0.808. The summed E-state index contributed by atoms with van der Waals surface area (Å²) in [6.45, 7) is 2.95. The van der Waals surface area contributed by atoms with E-state index in [9.17, 15) is 4.79 Å². The van der Waals surface area contributed by atoms with Crippen molar-refractivity contribution < 1.29 is 19.0 Å². The van der Waals surface area contributed by atoms with E-state index in [4.69, 9.17) is 39.5 Å². The van der Waals surface area contributed by atoms with Crippen molar-refractivity contribution in [3.8, 4) is 0 Å². The summed E-state index contributed by atoms with van der Waals surface area (Å²) < 4.78 is 16.4. The van der Waals surface area contributed by atoms with Gasteiger partial charge in [0, 0.05) is 17.1 Å². The summed E-state index contributed by atoms with van der Waals surface area (Å²) in [7, 11) is 1.41. The molecular formula is C26H44O4S2. The van der Waals surface area contributed by atoms with Crippen molar-refractivity contribution in [1.82, 2.24) is 0 Å². The Morgan fingerprint density at radius 3 is 2.66 bits per heavy atom. The molecule has 0 amide bonds. The molecule has 0 radical (unpaired) electrons. The lowest BCUT2D eigenvalue weighted by Gasteiger charge is -2.26. The molecule has 0 N–H and O–H groups in total. The molecular weight excluding hydrogens is 440 g/mol. The van der Waals surface area contributed by atoms with Crippen molar-refractivity contribution in [2.45, 2.75) is 107 Å². The molecule has 2 unspecified atom stereocenters. The molecule has 32 heavy (non-hydrogen) atoms. The predicted molar refractivity (Wildman–Crippen MR) is 139 cm³/mol. The van der Waals surface area contributed by atoms with Gasteiger partial charge in [0.15, 0.2) is 12.4 Å². The highest BCUT2D eigenvalue weighted by Crippen LogP contribution is 2.41. The largest absolute Gasteiger partial charge is 0.467 e. The normalized spacial score (nSPS) is 29.7. The third kappa shape index (κ3) is 9.82. The van der Waals surface area contributed by atoms with Gasteiger partial charge in [0.25, 0.3) is 0 Å². The number of unbranched alkanes of at least 4 members (excludes halogenated alkanes) is 4. The minimum absolute atomic E-state index is 0.290. The number of carbonyl (C=O) groups is 1. The molecule has 0 aromatic rings. The van der Waals surface area contributed by atoms with E-state index in [1.807, 2.05) is 0 Å². The quantitative estimate of drug-likeness (QED) is 0.127. The highest BCUT2D eigenvalue weighted by atomic mass is 32.1. The summed E-state index contributed by atoms with van der Waals surface area (Å²) in [6, 6.07) is 0. The Labute approximate surface area is 206 Å². The average molecular weight is 485 g/mol. The first kappa shape index (κ1) is 27.8. The Morgan fingerprint density at radius 1 is 1.09 bits per heavy atom. The van der Waals surface area contributed by atoms with E-state index < -0.39 is 6.10 Å². The van der Waals surface area contributed by atoms with Crippen LogP contribution in [-0.2, 0) is 19.0 Å². The van der Waals surface area contributed by atoms with Crippen molar-refractivity contribution in [3.05, 3.63) is 24.3 Å². The summed E-state index contributed by atoms with van der Waals surface area (Å²) >= 11 is 9.70. The number of hydrogen-bond donors (Lipinski definition) is 2. The van der Waals surface area contributed by atoms with Crippen LogP contribution in [0, 0.1) is 11.8 Å². The molecule has 2 fully saturated rings. The van der Waals surface area contributed by atoms with Crippen LogP contribution in [0.5, 0.6) is 0 Å². The molecule has 1 aliphatic carbocycles. The minimum Gasteiger partial charge on any atom is -0.467 e. The number of methoxy groups -OCH3 is 1. The molecule has 0 bridgehead atoms.